The lowest BCUT2D eigenvalue weighted by Gasteiger charge is -2.35. The molecule has 0 aromatic rings. The number of hydrogen-bond acceptors (Lipinski definition) is 4. The Bertz CT molecular complexity index is 533. The molecule has 0 saturated carbocycles. The van der Waals surface area contributed by atoms with Gasteiger partial charge in [-0.2, -0.15) is 0 Å². The third-order valence-electron chi connectivity index (χ3n) is 8.99. The number of carbonyl (C=O) groups is 2. The molecule has 238 valence electrons. The number of carbonyl (C=O) groups excluding carboxylic acids is 2. The highest BCUT2D eigenvalue weighted by Crippen LogP contribution is 2.37. The second-order valence-corrected chi connectivity index (χ2v) is 12.8. The Kier molecular flexibility index (Phi) is 28.7. The molecule has 0 aliphatic rings. The molecule has 0 spiro atoms. The van der Waals surface area contributed by atoms with E-state index in [-0.39, 0.29) is 6.42 Å². The van der Waals surface area contributed by atoms with Gasteiger partial charge in [0.2, 0.25) is 0 Å². The number of rotatable bonds is 33. The predicted octanol–water partition coefficient (Wildman–Crippen LogP) is 9.61. The van der Waals surface area contributed by atoms with Crippen LogP contribution in [0.1, 0.15) is 213 Å². The van der Waals surface area contributed by atoms with Gasteiger partial charge in [0.05, 0.1) is 0 Å². The summed E-state index contributed by atoms with van der Waals surface area (Å²) in [7, 11) is 0. The van der Waals surface area contributed by atoms with Gasteiger partial charge in [-0.05, 0) is 32.1 Å². The maximum absolute atomic E-state index is 12.5. The molecule has 40 heavy (non-hydrogen) atoms. The molecule has 4 nitrogen and oxygen atoms in total. The van der Waals surface area contributed by atoms with Crippen molar-refractivity contribution in [3.8, 4) is 0 Å². The van der Waals surface area contributed by atoms with Crippen molar-refractivity contribution in [2.45, 2.75) is 213 Å². The molecule has 0 aromatic heterocycles. The van der Waals surface area contributed by atoms with Crippen LogP contribution in [-0.4, -0.2) is 11.9 Å². The first-order valence-electron chi connectivity index (χ1n) is 17.9. The molecular formula is C36H68O4-2. The third-order valence-corrected chi connectivity index (χ3v) is 8.99. The van der Waals surface area contributed by atoms with Crippen LogP contribution in [0.25, 0.3) is 0 Å². The van der Waals surface area contributed by atoms with Crippen LogP contribution in [0.5, 0.6) is 0 Å². The van der Waals surface area contributed by atoms with E-state index in [1.165, 1.54) is 116 Å². The Morgan fingerprint density at radius 2 is 0.650 bits per heavy atom. The maximum atomic E-state index is 12.5. The summed E-state index contributed by atoms with van der Waals surface area (Å²) in [6, 6.07) is 0. The van der Waals surface area contributed by atoms with Crippen LogP contribution in [0.15, 0.2) is 0 Å². The summed E-state index contributed by atoms with van der Waals surface area (Å²) in [6.07, 6.45) is 34.8. The van der Waals surface area contributed by atoms with E-state index < -0.39 is 17.4 Å². The van der Waals surface area contributed by atoms with Crippen LogP contribution in [0, 0.1) is 5.41 Å². The van der Waals surface area contributed by atoms with Crippen molar-refractivity contribution in [3.05, 3.63) is 0 Å². The Hall–Kier alpha value is -1.06. The molecule has 0 saturated heterocycles. The summed E-state index contributed by atoms with van der Waals surface area (Å²) < 4.78 is 0. The fourth-order valence-corrected chi connectivity index (χ4v) is 6.20. The molecule has 4 heteroatoms. The van der Waals surface area contributed by atoms with Gasteiger partial charge in [-0.25, -0.2) is 0 Å². The highest BCUT2D eigenvalue weighted by atomic mass is 16.4. The number of carboxylic acids is 2. The Balaban J connectivity index is 4.39. The Labute approximate surface area is 249 Å². The van der Waals surface area contributed by atoms with E-state index in [0.717, 1.165) is 64.2 Å². The highest BCUT2D eigenvalue weighted by molar-refractivity contribution is 5.72. The lowest BCUT2D eigenvalue weighted by Crippen LogP contribution is -2.42. The van der Waals surface area contributed by atoms with E-state index >= 15 is 0 Å². The van der Waals surface area contributed by atoms with Crippen molar-refractivity contribution in [1.82, 2.24) is 0 Å². The average molecular weight is 565 g/mol. The molecule has 0 rings (SSSR count). The van der Waals surface area contributed by atoms with E-state index in [2.05, 4.69) is 13.8 Å². The molecule has 0 unspecified atom stereocenters. The van der Waals surface area contributed by atoms with Crippen LogP contribution >= 0.6 is 0 Å². The zero-order valence-electron chi connectivity index (χ0n) is 27.1. The second-order valence-electron chi connectivity index (χ2n) is 12.8. The van der Waals surface area contributed by atoms with Gasteiger partial charge in [-0.3, -0.25) is 0 Å². The van der Waals surface area contributed by atoms with Crippen molar-refractivity contribution < 1.29 is 19.8 Å². The number of unbranched alkanes of at least 4 members (excludes halogenated alkanes) is 24. The zero-order chi connectivity index (χ0) is 29.6. The van der Waals surface area contributed by atoms with E-state index in [1.807, 2.05) is 0 Å². The predicted molar refractivity (Wildman–Crippen MR) is 167 cm³/mol. The lowest BCUT2D eigenvalue weighted by molar-refractivity contribution is -0.321. The van der Waals surface area contributed by atoms with Gasteiger partial charge in [0.1, 0.15) is 0 Å². The minimum Gasteiger partial charge on any atom is -0.550 e. The van der Waals surface area contributed by atoms with Crippen molar-refractivity contribution in [2.24, 2.45) is 5.41 Å². The molecule has 0 fully saturated rings. The molecule has 0 aliphatic heterocycles. The first-order chi connectivity index (χ1) is 19.5. The third kappa shape index (κ3) is 24.7. The van der Waals surface area contributed by atoms with E-state index in [0.29, 0.717) is 12.8 Å². The van der Waals surface area contributed by atoms with Crippen molar-refractivity contribution >= 4 is 11.9 Å². The molecule has 0 heterocycles. The van der Waals surface area contributed by atoms with E-state index in [4.69, 9.17) is 0 Å². The summed E-state index contributed by atoms with van der Waals surface area (Å²) in [5.41, 5.74) is -0.677. The van der Waals surface area contributed by atoms with Crippen molar-refractivity contribution in [2.75, 3.05) is 0 Å². The summed E-state index contributed by atoms with van der Waals surface area (Å²) in [5, 5.41) is 23.1. The molecule has 0 radical (unpaired) electrons. The van der Waals surface area contributed by atoms with Crippen LogP contribution in [-0.2, 0) is 9.59 Å². The fraction of sp³-hybridized carbons (Fsp3) is 0.944. The zero-order valence-corrected chi connectivity index (χ0v) is 27.1. The Morgan fingerprint density at radius 3 is 0.900 bits per heavy atom. The maximum Gasteiger partial charge on any atom is 0.0476 e. The monoisotopic (exact) mass is 565 g/mol. The van der Waals surface area contributed by atoms with Crippen LogP contribution in [0.2, 0.25) is 0 Å². The quantitative estimate of drug-likeness (QED) is 0.0743. The lowest BCUT2D eigenvalue weighted by atomic mass is 9.74. The molecular weight excluding hydrogens is 496 g/mol. The molecule has 0 aliphatic carbocycles. The van der Waals surface area contributed by atoms with Crippen LogP contribution in [0.4, 0.5) is 0 Å². The molecule has 0 aromatic carbocycles. The molecule has 0 N–H and O–H groups in total. The Morgan fingerprint density at radius 1 is 0.400 bits per heavy atom. The van der Waals surface area contributed by atoms with Gasteiger partial charge in [-0.1, -0.05) is 181 Å². The summed E-state index contributed by atoms with van der Waals surface area (Å²) in [4.78, 5) is 23.1. The summed E-state index contributed by atoms with van der Waals surface area (Å²) in [6.45, 7) is 4.52. The van der Waals surface area contributed by atoms with E-state index in [9.17, 15) is 19.8 Å². The van der Waals surface area contributed by atoms with Crippen molar-refractivity contribution in [3.63, 3.8) is 0 Å². The number of aliphatic carboxylic acids is 2. The first-order valence-corrected chi connectivity index (χ1v) is 17.9. The van der Waals surface area contributed by atoms with Gasteiger partial charge in [0, 0.05) is 17.4 Å². The number of hydrogen-bond donors (Lipinski definition) is 0. The highest BCUT2D eigenvalue weighted by Gasteiger charge is 2.30. The largest absolute Gasteiger partial charge is 0.550 e. The smallest absolute Gasteiger partial charge is 0.0476 e. The van der Waals surface area contributed by atoms with Crippen molar-refractivity contribution in [1.29, 1.82) is 0 Å². The van der Waals surface area contributed by atoms with Crippen LogP contribution in [0.3, 0.4) is 0 Å². The number of carboxylic acid groups (broad SMARTS) is 2. The van der Waals surface area contributed by atoms with Gasteiger partial charge >= 0.3 is 0 Å². The minimum atomic E-state index is -0.977. The van der Waals surface area contributed by atoms with E-state index in [1.54, 1.807) is 0 Å². The van der Waals surface area contributed by atoms with Crippen LogP contribution < -0.4 is 10.2 Å². The SMILES string of the molecule is CCCCCCCCCCCCCC(CCCCCCCCCCCCC)(CCCCCCCC(=O)[O-])C(=O)[O-]. The molecule has 0 bridgehead atoms. The second kappa shape index (κ2) is 29.4. The topological polar surface area (TPSA) is 80.3 Å². The van der Waals surface area contributed by atoms with Gasteiger partial charge in [-0.15, -0.1) is 0 Å². The fourth-order valence-electron chi connectivity index (χ4n) is 6.20. The first kappa shape index (κ1) is 38.9. The summed E-state index contributed by atoms with van der Waals surface area (Å²) in [5.74, 6) is -1.81. The standard InChI is InChI=1S/C36H70O4/c1-3-5-7-9-11-13-15-17-19-23-27-31-36(35(39)40,33-29-25-21-22-26-30-34(37)38)32-28-24-20-18-16-14-12-10-8-6-4-2/h3-33H2,1-2H3,(H,37,38)(H,39,40)/p-2. The van der Waals surface area contributed by atoms with Gasteiger partial charge in [0.25, 0.3) is 0 Å². The molecule has 0 atom stereocenters. The minimum absolute atomic E-state index is 0.126. The van der Waals surface area contributed by atoms with Gasteiger partial charge in [0.15, 0.2) is 0 Å². The van der Waals surface area contributed by atoms with Gasteiger partial charge < -0.3 is 19.8 Å². The molecule has 0 amide bonds. The summed E-state index contributed by atoms with van der Waals surface area (Å²) >= 11 is 0. The average Bonchev–Trinajstić information content (AvgIpc) is 2.93. The normalized spacial score (nSPS) is 11.8.